The van der Waals surface area contributed by atoms with Gasteiger partial charge in [0.05, 0.1) is 6.61 Å². The quantitative estimate of drug-likeness (QED) is 0.637. The molecule has 1 unspecified atom stereocenters. The van der Waals surface area contributed by atoms with E-state index in [2.05, 4.69) is 57.0 Å². The van der Waals surface area contributed by atoms with Crippen LogP contribution < -0.4 is 0 Å². The average molecular weight is 376 g/mol. The summed E-state index contributed by atoms with van der Waals surface area (Å²) >= 11 is 7.23. The van der Waals surface area contributed by atoms with Crippen LogP contribution in [0.4, 0.5) is 0 Å². The molecule has 1 nitrogen and oxygen atoms in total. The highest BCUT2D eigenvalue weighted by Crippen LogP contribution is 2.35. The van der Waals surface area contributed by atoms with E-state index in [1.54, 1.807) is 0 Å². The standard InChI is InChI=1S/C15H20Br2O/c1-15(11-16,13-8-4-5-9-14(13)17)18-10-12-6-2-3-7-12/h4-5,8-9,12H,2-3,6-7,10-11H2,1H3. The third-order valence-corrected chi connectivity index (χ3v) is 5.57. The van der Waals surface area contributed by atoms with E-state index in [1.165, 1.54) is 31.2 Å². The molecule has 0 saturated heterocycles. The molecule has 0 heterocycles. The largest absolute Gasteiger partial charge is 0.369 e. The molecular formula is C15H20Br2O. The lowest BCUT2D eigenvalue weighted by Gasteiger charge is -2.30. The van der Waals surface area contributed by atoms with Gasteiger partial charge in [-0.1, -0.05) is 62.9 Å². The second-order valence-corrected chi connectivity index (χ2v) is 6.72. The highest BCUT2D eigenvalue weighted by atomic mass is 79.9. The molecule has 100 valence electrons. The Balaban J connectivity index is 2.07. The molecule has 0 aromatic heterocycles. The fourth-order valence-electron chi connectivity index (χ4n) is 2.56. The first-order chi connectivity index (χ1) is 8.65. The number of halogens is 2. The Morgan fingerprint density at radius 1 is 1.28 bits per heavy atom. The van der Waals surface area contributed by atoms with Crippen molar-refractivity contribution in [1.82, 2.24) is 0 Å². The van der Waals surface area contributed by atoms with Crippen LogP contribution in [0.2, 0.25) is 0 Å². The molecule has 1 aliphatic carbocycles. The number of benzene rings is 1. The van der Waals surface area contributed by atoms with E-state index in [0.29, 0.717) is 0 Å². The summed E-state index contributed by atoms with van der Waals surface area (Å²) in [6, 6.07) is 8.33. The second-order valence-electron chi connectivity index (χ2n) is 5.31. The van der Waals surface area contributed by atoms with Crippen LogP contribution in [-0.2, 0) is 10.3 Å². The van der Waals surface area contributed by atoms with Crippen molar-refractivity contribution in [1.29, 1.82) is 0 Å². The Bertz CT molecular complexity index is 388. The van der Waals surface area contributed by atoms with Crippen molar-refractivity contribution in [2.75, 3.05) is 11.9 Å². The first-order valence-corrected chi connectivity index (χ1v) is 8.52. The molecule has 1 aromatic carbocycles. The first-order valence-electron chi connectivity index (χ1n) is 6.60. The molecule has 1 atom stereocenters. The lowest BCUT2D eigenvalue weighted by molar-refractivity contribution is -0.0346. The number of hydrogen-bond donors (Lipinski definition) is 0. The Hall–Kier alpha value is 0.140. The van der Waals surface area contributed by atoms with Crippen molar-refractivity contribution >= 4 is 31.9 Å². The third kappa shape index (κ3) is 3.37. The smallest absolute Gasteiger partial charge is 0.101 e. The van der Waals surface area contributed by atoms with Gasteiger partial charge in [0.25, 0.3) is 0 Å². The number of hydrogen-bond acceptors (Lipinski definition) is 1. The topological polar surface area (TPSA) is 9.23 Å². The highest BCUT2D eigenvalue weighted by Gasteiger charge is 2.29. The van der Waals surface area contributed by atoms with E-state index in [1.807, 2.05) is 6.07 Å². The lowest BCUT2D eigenvalue weighted by Crippen LogP contribution is -2.30. The lowest BCUT2D eigenvalue weighted by atomic mass is 9.97. The summed E-state index contributed by atoms with van der Waals surface area (Å²) in [4.78, 5) is 0. The average Bonchev–Trinajstić information content (AvgIpc) is 2.90. The molecule has 1 aromatic rings. The van der Waals surface area contributed by atoms with Gasteiger partial charge in [0.1, 0.15) is 5.60 Å². The zero-order chi connectivity index (χ0) is 13.0. The second kappa shape index (κ2) is 6.53. The Morgan fingerprint density at radius 2 is 1.94 bits per heavy atom. The van der Waals surface area contributed by atoms with Crippen LogP contribution in [0.1, 0.15) is 38.2 Å². The maximum absolute atomic E-state index is 6.25. The maximum Gasteiger partial charge on any atom is 0.101 e. The van der Waals surface area contributed by atoms with Crippen molar-refractivity contribution in [2.45, 2.75) is 38.2 Å². The van der Waals surface area contributed by atoms with E-state index < -0.39 is 0 Å². The Kier molecular flexibility index (Phi) is 5.28. The van der Waals surface area contributed by atoms with Gasteiger partial charge in [-0.25, -0.2) is 0 Å². The van der Waals surface area contributed by atoms with Crippen LogP contribution in [0.5, 0.6) is 0 Å². The molecule has 0 N–H and O–H groups in total. The monoisotopic (exact) mass is 374 g/mol. The predicted molar refractivity (Wildman–Crippen MR) is 83.2 cm³/mol. The van der Waals surface area contributed by atoms with Gasteiger partial charge < -0.3 is 4.74 Å². The van der Waals surface area contributed by atoms with E-state index in [4.69, 9.17) is 4.74 Å². The van der Waals surface area contributed by atoms with Gasteiger partial charge >= 0.3 is 0 Å². The minimum Gasteiger partial charge on any atom is -0.369 e. The molecule has 0 aliphatic heterocycles. The molecule has 1 fully saturated rings. The molecule has 0 amide bonds. The van der Waals surface area contributed by atoms with E-state index >= 15 is 0 Å². The molecule has 1 aliphatic rings. The number of alkyl halides is 1. The molecule has 1 saturated carbocycles. The maximum atomic E-state index is 6.25. The molecule has 18 heavy (non-hydrogen) atoms. The van der Waals surface area contributed by atoms with Gasteiger partial charge in [-0.15, -0.1) is 0 Å². The summed E-state index contributed by atoms with van der Waals surface area (Å²) in [6.45, 7) is 3.04. The van der Waals surface area contributed by atoms with Gasteiger partial charge in [-0.3, -0.25) is 0 Å². The fraction of sp³-hybridized carbons (Fsp3) is 0.600. The van der Waals surface area contributed by atoms with Crippen molar-refractivity contribution in [2.24, 2.45) is 5.92 Å². The third-order valence-electron chi connectivity index (χ3n) is 3.81. The van der Waals surface area contributed by atoms with Crippen LogP contribution in [-0.4, -0.2) is 11.9 Å². The number of ether oxygens (including phenoxy) is 1. The molecule has 2 rings (SSSR count). The van der Waals surface area contributed by atoms with Gasteiger partial charge in [0.15, 0.2) is 0 Å². The van der Waals surface area contributed by atoms with Gasteiger partial charge in [-0.05, 0) is 37.3 Å². The molecule has 0 bridgehead atoms. The summed E-state index contributed by atoms with van der Waals surface area (Å²) in [7, 11) is 0. The SMILES string of the molecule is CC(CBr)(OCC1CCCC1)c1ccccc1Br. The molecular weight excluding hydrogens is 356 g/mol. The van der Waals surface area contributed by atoms with E-state index in [9.17, 15) is 0 Å². The molecule has 0 spiro atoms. The summed E-state index contributed by atoms with van der Waals surface area (Å²) in [5.74, 6) is 0.755. The van der Waals surface area contributed by atoms with Crippen molar-refractivity contribution in [3.05, 3.63) is 34.3 Å². The van der Waals surface area contributed by atoms with Crippen LogP contribution in [0.25, 0.3) is 0 Å². The van der Waals surface area contributed by atoms with Crippen LogP contribution in [0.15, 0.2) is 28.7 Å². The molecule has 3 heteroatoms. The van der Waals surface area contributed by atoms with Gasteiger partial charge in [-0.2, -0.15) is 0 Å². The normalized spacial score (nSPS) is 19.9. The highest BCUT2D eigenvalue weighted by molar-refractivity contribution is 9.10. The van der Waals surface area contributed by atoms with Crippen LogP contribution in [0, 0.1) is 5.92 Å². The van der Waals surface area contributed by atoms with E-state index in [-0.39, 0.29) is 5.60 Å². The zero-order valence-electron chi connectivity index (χ0n) is 10.8. The summed E-state index contributed by atoms with van der Waals surface area (Å²) in [5.41, 5.74) is 0.975. The summed E-state index contributed by atoms with van der Waals surface area (Å²) < 4.78 is 7.38. The van der Waals surface area contributed by atoms with Crippen LogP contribution >= 0.6 is 31.9 Å². The van der Waals surface area contributed by atoms with Gasteiger partial charge in [0, 0.05) is 9.80 Å². The summed E-state index contributed by atoms with van der Waals surface area (Å²) in [5, 5.41) is 0.815. The van der Waals surface area contributed by atoms with E-state index in [0.717, 1.165) is 22.3 Å². The fourth-order valence-corrected chi connectivity index (χ4v) is 3.73. The van der Waals surface area contributed by atoms with Gasteiger partial charge in [0.2, 0.25) is 0 Å². The zero-order valence-corrected chi connectivity index (χ0v) is 14.0. The first kappa shape index (κ1) is 14.5. The van der Waals surface area contributed by atoms with Crippen molar-refractivity contribution in [3.8, 4) is 0 Å². The van der Waals surface area contributed by atoms with Crippen molar-refractivity contribution < 1.29 is 4.74 Å². The predicted octanol–water partition coefficient (Wildman–Crippen LogP) is 5.27. The minimum atomic E-state index is -0.247. The number of rotatable bonds is 5. The Morgan fingerprint density at radius 3 is 2.56 bits per heavy atom. The minimum absolute atomic E-state index is 0.247. The molecule has 0 radical (unpaired) electrons. The Labute approximate surface area is 127 Å². The van der Waals surface area contributed by atoms with Crippen molar-refractivity contribution in [3.63, 3.8) is 0 Å². The van der Waals surface area contributed by atoms with Crippen LogP contribution in [0.3, 0.4) is 0 Å². The summed E-state index contributed by atoms with van der Waals surface area (Å²) in [6.07, 6.45) is 5.39.